The number of amides is 1. The van der Waals surface area contributed by atoms with Crippen molar-refractivity contribution in [1.82, 2.24) is 0 Å². The molecule has 3 aromatic carbocycles. The lowest BCUT2D eigenvalue weighted by atomic mass is 9.97. The number of fused-ring (bicyclic) bond motifs is 1. The Labute approximate surface area is 157 Å². The van der Waals surface area contributed by atoms with Gasteiger partial charge >= 0.3 is 0 Å². The monoisotopic (exact) mass is 357 g/mol. The van der Waals surface area contributed by atoms with Crippen LogP contribution in [0.5, 0.6) is 0 Å². The van der Waals surface area contributed by atoms with Crippen LogP contribution in [0.25, 0.3) is 17.2 Å². The van der Waals surface area contributed by atoms with E-state index in [1.807, 2.05) is 36.4 Å². The van der Waals surface area contributed by atoms with Crippen molar-refractivity contribution in [3.8, 4) is 11.1 Å². The van der Waals surface area contributed by atoms with Gasteiger partial charge in [-0.2, -0.15) is 0 Å². The molecule has 3 heteroatoms. The summed E-state index contributed by atoms with van der Waals surface area (Å²) < 4.78 is 0. The van der Waals surface area contributed by atoms with Gasteiger partial charge in [0.1, 0.15) is 0 Å². The summed E-state index contributed by atoms with van der Waals surface area (Å²) in [6, 6.07) is 24.9. The number of thioether (sulfide) groups is 1. The largest absolute Gasteiger partial charge is 0.366 e. The van der Waals surface area contributed by atoms with Crippen LogP contribution < -0.4 is 5.73 Å². The Morgan fingerprint density at radius 3 is 2.31 bits per heavy atom. The van der Waals surface area contributed by atoms with E-state index in [1.165, 1.54) is 16.0 Å². The lowest BCUT2D eigenvalue weighted by molar-refractivity contribution is -0.114. The average molecular weight is 357 g/mol. The van der Waals surface area contributed by atoms with E-state index >= 15 is 0 Å². The van der Waals surface area contributed by atoms with Crippen LogP contribution in [0.1, 0.15) is 21.9 Å². The average Bonchev–Trinajstić information content (AvgIpc) is 2.68. The molecule has 3 aromatic rings. The van der Waals surface area contributed by atoms with Gasteiger partial charge < -0.3 is 5.73 Å². The standard InChI is InChI=1S/C23H19NOS/c1-15-7-9-16(10-8-15)18-11-12-21-19(13-18)14-20(23(24)25)22(26-21)17-5-3-2-4-6-17/h2-14,22H,1H3,(H2,24,25). The molecule has 1 atom stereocenters. The van der Waals surface area contributed by atoms with Gasteiger partial charge in [0.2, 0.25) is 5.91 Å². The molecule has 0 radical (unpaired) electrons. The third-order valence-electron chi connectivity index (χ3n) is 4.62. The molecule has 1 heterocycles. The molecule has 1 amide bonds. The maximum Gasteiger partial charge on any atom is 0.246 e. The molecule has 0 saturated heterocycles. The van der Waals surface area contributed by atoms with Crippen molar-refractivity contribution in [3.63, 3.8) is 0 Å². The van der Waals surface area contributed by atoms with Gasteiger partial charge in [0, 0.05) is 10.5 Å². The van der Waals surface area contributed by atoms with Gasteiger partial charge in [0.15, 0.2) is 0 Å². The molecule has 0 aliphatic carbocycles. The summed E-state index contributed by atoms with van der Waals surface area (Å²) in [7, 11) is 0. The second-order valence-corrected chi connectivity index (χ2v) is 7.64. The minimum Gasteiger partial charge on any atom is -0.366 e. The number of rotatable bonds is 3. The molecule has 2 N–H and O–H groups in total. The number of hydrogen-bond donors (Lipinski definition) is 1. The van der Waals surface area contributed by atoms with Crippen molar-refractivity contribution in [3.05, 3.63) is 95.1 Å². The number of primary amides is 1. The van der Waals surface area contributed by atoms with E-state index in [1.54, 1.807) is 11.8 Å². The Hall–Kier alpha value is -2.78. The molecule has 2 nitrogen and oxygen atoms in total. The molecule has 1 aliphatic rings. The SMILES string of the molecule is Cc1ccc(-c2ccc3c(c2)C=C(C(N)=O)C(c2ccccc2)S3)cc1. The predicted molar refractivity (Wildman–Crippen MR) is 109 cm³/mol. The summed E-state index contributed by atoms with van der Waals surface area (Å²) in [5.74, 6) is -0.363. The number of aryl methyl sites for hydroxylation is 1. The minimum absolute atomic E-state index is 0.0635. The van der Waals surface area contributed by atoms with Crippen molar-refractivity contribution in [2.24, 2.45) is 5.73 Å². The highest BCUT2D eigenvalue weighted by Crippen LogP contribution is 2.47. The van der Waals surface area contributed by atoms with E-state index in [-0.39, 0.29) is 11.2 Å². The first-order chi connectivity index (χ1) is 12.6. The molecule has 128 valence electrons. The van der Waals surface area contributed by atoms with Crippen molar-refractivity contribution in [2.45, 2.75) is 17.1 Å². The fraction of sp³-hybridized carbons (Fsp3) is 0.0870. The van der Waals surface area contributed by atoms with Crippen LogP contribution in [0.2, 0.25) is 0 Å². The molecular formula is C23H19NOS. The van der Waals surface area contributed by atoms with E-state index < -0.39 is 0 Å². The second-order valence-electron chi connectivity index (χ2n) is 6.49. The highest BCUT2D eigenvalue weighted by Gasteiger charge is 2.27. The van der Waals surface area contributed by atoms with Gasteiger partial charge in [0.25, 0.3) is 0 Å². The Bertz CT molecular complexity index is 990. The zero-order valence-electron chi connectivity index (χ0n) is 14.5. The Kier molecular flexibility index (Phi) is 4.39. The molecule has 0 bridgehead atoms. The van der Waals surface area contributed by atoms with Gasteiger partial charge in [0.05, 0.1) is 5.25 Å². The number of hydrogen-bond acceptors (Lipinski definition) is 2. The summed E-state index contributed by atoms with van der Waals surface area (Å²) in [5, 5.41) is -0.0635. The first-order valence-corrected chi connectivity index (χ1v) is 9.44. The number of nitrogens with two attached hydrogens (primary N) is 1. The quantitative estimate of drug-likeness (QED) is 0.684. The van der Waals surface area contributed by atoms with E-state index in [9.17, 15) is 4.79 Å². The number of benzene rings is 3. The summed E-state index contributed by atoms with van der Waals surface area (Å²) >= 11 is 1.68. The Morgan fingerprint density at radius 2 is 1.62 bits per heavy atom. The lowest BCUT2D eigenvalue weighted by Crippen LogP contribution is -2.19. The number of carbonyl (C=O) groups excluding carboxylic acids is 1. The van der Waals surface area contributed by atoms with E-state index in [0.29, 0.717) is 5.57 Å². The zero-order chi connectivity index (χ0) is 18.1. The van der Waals surface area contributed by atoms with Gasteiger partial charge in [-0.25, -0.2) is 0 Å². The summed E-state index contributed by atoms with van der Waals surface area (Å²) in [6.45, 7) is 2.08. The van der Waals surface area contributed by atoms with Crippen LogP contribution >= 0.6 is 11.8 Å². The van der Waals surface area contributed by atoms with E-state index in [0.717, 1.165) is 16.7 Å². The topological polar surface area (TPSA) is 43.1 Å². The molecule has 1 aliphatic heterocycles. The van der Waals surface area contributed by atoms with Crippen molar-refractivity contribution in [2.75, 3.05) is 0 Å². The third kappa shape index (κ3) is 3.18. The second kappa shape index (κ2) is 6.85. The molecule has 0 spiro atoms. The van der Waals surface area contributed by atoms with Gasteiger partial charge in [-0.05, 0) is 47.4 Å². The first kappa shape index (κ1) is 16.7. The Morgan fingerprint density at radius 1 is 0.923 bits per heavy atom. The minimum atomic E-state index is -0.363. The smallest absolute Gasteiger partial charge is 0.246 e. The molecular weight excluding hydrogens is 338 g/mol. The van der Waals surface area contributed by atoms with Crippen LogP contribution in [0.15, 0.2) is 83.3 Å². The highest BCUT2D eigenvalue weighted by atomic mass is 32.2. The van der Waals surface area contributed by atoms with Gasteiger partial charge in [-0.1, -0.05) is 66.2 Å². The normalized spacial score (nSPS) is 15.9. The molecule has 26 heavy (non-hydrogen) atoms. The maximum atomic E-state index is 12.1. The van der Waals surface area contributed by atoms with Crippen molar-refractivity contribution in [1.29, 1.82) is 0 Å². The summed E-state index contributed by atoms with van der Waals surface area (Å²) in [4.78, 5) is 13.2. The van der Waals surface area contributed by atoms with Crippen molar-refractivity contribution >= 4 is 23.7 Å². The Balaban J connectivity index is 1.77. The zero-order valence-corrected chi connectivity index (χ0v) is 15.3. The third-order valence-corrected chi connectivity index (χ3v) is 6.01. The lowest BCUT2D eigenvalue weighted by Gasteiger charge is -2.24. The first-order valence-electron chi connectivity index (χ1n) is 8.56. The molecule has 4 rings (SSSR count). The van der Waals surface area contributed by atoms with Gasteiger partial charge in [-0.15, -0.1) is 11.8 Å². The molecule has 1 unspecified atom stereocenters. The molecule has 0 saturated carbocycles. The van der Waals surface area contributed by atoms with Crippen LogP contribution in [-0.2, 0) is 4.79 Å². The predicted octanol–water partition coefficient (Wildman–Crippen LogP) is 5.38. The summed E-state index contributed by atoms with van der Waals surface area (Å²) in [5.41, 5.74) is 12.0. The fourth-order valence-corrected chi connectivity index (χ4v) is 4.46. The molecule has 0 fully saturated rings. The van der Waals surface area contributed by atoms with E-state index in [4.69, 9.17) is 5.73 Å². The fourth-order valence-electron chi connectivity index (χ4n) is 3.20. The number of carbonyl (C=O) groups is 1. The highest BCUT2D eigenvalue weighted by molar-refractivity contribution is 8.00. The summed E-state index contributed by atoms with van der Waals surface area (Å²) in [6.07, 6.45) is 1.95. The van der Waals surface area contributed by atoms with Gasteiger partial charge in [-0.3, -0.25) is 4.79 Å². The van der Waals surface area contributed by atoms with E-state index in [2.05, 4.69) is 49.4 Å². The van der Waals surface area contributed by atoms with Crippen LogP contribution in [0.4, 0.5) is 0 Å². The van der Waals surface area contributed by atoms with Crippen LogP contribution in [0.3, 0.4) is 0 Å². The van der Waals surface area contributed by atoms with Crippen LogP contribution in [0, 0.1) is 6.92 Å². The van der Waals surface area contributed by atoms with Crippen LogP contribution in [-0.4, -0.2) is 5.91 Å². The maximum absolute atomic E-state index is 12.1. The molecule has 0 aromatic heterocycles. The van der Waals surface area contributed by atoms with Crippen molar-refractivity contribution < 1.29 is 4.79 Å².